The van der Waals surface area contributed by atoms with Crippen LogP contribution >= 0.6 is 0 Å². The summed E-state index contributed by atoms with van der Waals surface area (Å²) >= 11 is 0. The van der Waals surface area contributed by atoms with Gasteiger partial charge >= 0.3 is 5.69 Å². The standard InChI is InChI=1S/C6H8N4O2/c1-4-3-10(9-5(2)11)6(12)8-7-4/h3H,1-2H3,(H,9,11). The minimum atomic E-state index is -0.601. The van der Waals surface area contributed by atoms with Gasteiger partial charge < -0.3 is 0 Å². The molecule has 0 atom stereocenters. The van der Waals surface area contributed by atoms with E-state index in [9.17, 15) is 9.59 Å². The molecule has 0 saturated carbocycles. The van der Waals surface area contributed by atoms with Crippen LogP contribution in [-0.2, 0) is 4.79 Å². The SMILES string of the molecule is CC(=O)Nn1cc(C)nnc1=O. The summed E-state index contributed by atoms with van der Waals surface area (Å²) in [5.74, 6) is -0.329. The van der Waals surface area contributed by atoms with Crippen molar-refractivity contribution in [2.75, 3.05) is 5.43 Å². The third-order valence-corrected chi connectivity index (χ3v) is 1.09. The minimum absolute atomic E-state index is 0.329. The van der Waals surface area contributed by atoms with Crippen LogP contribution in [0, 0.1) is 6.92 Å². The first kappa shape index (κ1) is 8.38. The highest BCUT2D eigenvalue weighted by Gasteiger charge is 1.98. The van der Waals surface area contributed by atoms with Crippen LogP contribution in [0.1, 0.15) is 12.6 Å². The van der Waals surface area contributed by atoms with Gasteiger partial charge in [-0.05, 0) is 6.92 Å². The third-order valence-electron chi connectivity index (χ3n) is 1.09. The van der Waals surface area contributed by atoms with Gasteiger partial charge in [-0.1, -0.05) is 5.10 Å². The minimum Gasteiger partial charge on any atom is -0.274 e. The molecular formula is C6H8N4O2. The maximum atomic E-state index is 10.9. The summed E-state index contributed by atoms with van der Waals surface area (Å²) in [4.78, 5) is 21.4. The van der Waals surface area contributed by atoms with E-state index in [4.69, 9.17) is 0 Å². The molecule has 1 rings (SSSR count). The fourth-order valence-electron chi connectivity index (χ4n) is 0.687. The van der Waals surface area contributed by atoms with Crippen LogP contribution in [0.15, 0.2) is 11.0 Å². The van der Waals surface area contributed by atoms with Crippen molar-refractivity contribution in [2.45, 2.75) is 13.8 Å². The highest BCUT2D eigenvalue weighted by atomic mass is 16.2. The molecule has 64 valence electrons. The van der Waals surface area contributed by atoms with E-state index >= 15 is 0 Å². The van der Waals surface area contributed by atoms with Crippen LogP contribution in [0.25, 0.3) is 0 Å². The molecule has 1 aromatic rings. The zero-order valence-electron chi connectivity index (χ0n) is 6.74. The molecule has 0 aromatic carbocycles. The highest BCUT2D eigenvalue weighted by Crippen LogP contribution is 1.81. The Morgan fingerprint density at radius 3 is 2.83 bits per heavy atom. The topological polar surface area (TPSA) is 76.9 Å². The van der Waals surface area contributed by atoms with Crippen LogP contribution in [0.5, 0.6) is 0 Å². The highest BCUT2D eigenvalue weighted by molar-refractivity contribution is 5.80. The van der Waals surface area contributed by atoms with Crippen molar-refractivity contribution in [1.82, 2.24) is 14.9 Å². The molecule has 0 aliphatic rings. The fourth-order valence-corrected chi connectivity index (χ4v) is 0.687. The Labute approximate surface area is 68.2 Å². The molecule has 12 heavy (non-hydrogen) atoms. The van der Waals surface area contributed by atoms with Gasteiger partial charge in [0.1, 0.15) is 0 Å². The lowest BCUT2D eigenvalue weighted by Gasteiger charge is -2.03. The van der Waals surface area contributed by atoms with Gasteiger partial charge in [-0.3, -0.25) is 10.2 Å². The number of carbonyl (C=O) groups excluding carboxylic acids is 1. The number of carbonyl (C=O) groups is 1. The van der Waals surface area contributed by atoms with Gasteiger partial charge in [0.05, 0.1) is 11.9 Å². The number of aryl methyl sites for hydroxylation is 1. The second kappa shape index (κ2) is 3.12. The van der Waals surface area contributed by atoms with E-state index in [1.165, 1.54) is 13.1 Å². The molecule has 1 amide bonds. The smallest absolute Gasteiger partial charge is 0.274 e. The predicted octanol–water partition coefficient (Wildman–Crippen LogP) is -0.963. The Morgan fingerprint density at radius 2 is 2.25 bits per heavy atom. The zero-order chi connectivity index (χ0) is 9.14. The van der Waals surface area contributed by atoms with Crippen molar-refractivity contribution in [3.8, 4) is 0 Å². The molecule has 0 aliphatic carbocycles. The molecule has 0 unspecified atom stereocenters. The zero-order valence-corrected chi connectivity index (χ0v) is 6.74. The number of amides is 1. The predicted molar refractivity (Wildman–Crippen MR) is 41.1 cm³/mol. The van der Waals surface area contributed by atoms with Gasteiger partial charge in [-0.15, -0.1) is 5.10 Å². The molecule has 0 spiro atoms. The maximum absolute atomic E-state index is 10.9. The lowest BCUT2D eigenvalue weighted by molar-refractivity contribution is -0.115. The van der Waals surface area contributed by atoms with Gasteiger partial charge in [0, 0.05) is 6.92 Å². The number of rotatable bonds is 1. The van der Waals surface area contributed by atoms with E-state index in [-0.39, 0.29) is 5.91 Å². The molecule has 6 heteroatoms. The fraction of sp³-hybridized carbons (Fsp3) is 0.333. The van der Waals surface area contributed by atoms with Crippen LogP contribution in [0.2, 0.25) is 0 Å². The first-order chi connectivity index (χ1) is 5.59. The van der Waals surface area contributed by atoms with Crippen LogP contribution in [0.3, 0.4) is 0 Å². The second-order valence-electron chi connectivity index (χ2n) is 2.29. The van der Waals surface area contributed by atoms with Gasteiger partial charge in [0.2, 0.25) is 5.91 Å². The molecule has 0 fully saturated rings. The van der Waals surface area contributed by atoms with E-state index in [0.29, 0.717) is 5.69 Å². The molecule has 1 N–H and O–H groups in total. The molecule has 1 aromatic heterocycles. The molecule has 0 aliphatic heterocycles. The molecule has 0 saturated heterocycles. The van der Waals surface area contributed by atoms with E-state index in [1.54, 1.807) is 6.92 Å². The average molecular weight is 168 g/mol. The van der Waals surface area contributed by atoms with Crippen molar-refractivity contribution in [3.05, 3.63) is 22.4 Å². The van der Waals surface area contributed by atoms with Gasteiger partial charge in [-0.25, -0.2) is 9.47 Å². The number of nitrogens with zero attached hydrogens (tertiary/aromatic N) is 3. The van der Waals surface area contributed by atoms with Crippen LogP contribution in [-0.4, -0.2) is 20.8 Å². The molecular weight excluding hydrogens is 160 g/mol. The quantitative estimate of drug-likeness (QED) is 0.585. The second-order valence-corrected chi connectivity index (χ2v) is 2.29. The number of nitrogens with one attached hydrogen (secondary N) is 1. The Bertz CT molecular complexity index is 357. The van der Waals surface area contributed by atoms with Crippen LogP contribution in [0.4, 0.5) is 0 Å². The summed E-state index contributed by atoms with van der Waals surface area (Å²) in [6.45, 7) is 2.98. The lowest BCUT2D eigenvalue weighted by atomic mass is 10.5. The molecule has 0 bridgehead atoms. The number of hydrogen-bond donors (Lipinski definition) is 1. The lowest BCUT2D eigenvalue weighted by Crippen LogP contribution is -2.33. The summed E-state index contributed by atoms with van der Waals surface area (Å²) in [6.07, 6.45) is 1.40. The first-order valence-electron chi connectivity index (χ1n) is 3.30. The largest absolute Gasteiger partial charge is 0.385 e. The van der Waals surface area contributed by atoms with Crippen molar-refractivity contribution in [3.63, 3.8) is 0 Å². The van der Waals surface area contributed by atoms with E-state index in [0.717, 1.165) is 4.68 Å². The van der Waals surface area contributed by atoms with Crippen molar-refractivity contribution in [1.29, 1.82) is 0 Å². The first-order valence-corrected chi connectivity index (χ1v) is 3.30. The maximum Gasteiger partial charge on any atom is 0.385 e. The summed E-state index contributed by atoms with van der Waals surface area (Å²) in [7, 11) is 0. The summed E-state index contributed by atoms with van der Waals surface area (Å²) in [5, 5.41) is 6.79. The molecule has 6 nitrogen and oxygen atoms in total. The Kier molecular flexibility index (Phi) is 2.18. The van der Waals surface area contributed by atoms with Crippen molar-refractivity contribution < 1.29 is 4.79 Å². The normalized spacial score (nSPS) is 9.50. The monoisotopic (exact) mass is 168 g/mol. The number of aromatic nitrogens is 3. The molecule has 0 radical (unpaired) electrons. The average Bonchev–Trinajstić information content (AvgIpc) is 1.96. The third kappa shape index (κ3) is 1.88. The van der Waals surface area contributed by atoms with E-state index in [2.05, 4.69) is 15.6 Å². The Hall–Kier alpha value is -1.72. The Balaban J connectivity index is 3.06. The van der Waals surface area contributed by atoms with Gasteiger partial charge in [0.15, 0.2) is 0 Å². The van der Waals surface area contributed by atoms with Crippen molar-refractivity contribution in [2.24, 2.45) is 0 Å². The van der Waals surface area contributed by atoms with Gasteiger partial charge in [0.25, 0.3) is 0 Å². The van der Waals surface area contributed by atoms with Crippen LogP contribution < -0.4 is 11.1 Å². The molecule has 1 heterocycles. The van der Waals surface area contributed by atoms with E-state index < -0.39 is 5.69 Å². The Morgan fingerprint density at radius 1 is 1.58 bits per heavy atom. The summed E-state index contributed by atoms with van der Waals surface area (Å²) in [5.41, 5.74) is 2.23. The summed E-state index contributed by atoms with van der Waals surface area (Å²) < 4.78 is 0.991. The van der Waals surface area contributed by atoms with Crippen molar-refractivity contribution >= 4 is 5.91 Å². The van der Waals surface area contributed by atoms with Gasteiger partial charge in [-0.2, -0.15) is 0 Å². The number of hydrogen-bond acceptors (Lipinski definition) is 4. The van der Waals surface area contributed by atoms with E-state index in [1.807, 2.05) is 0 Å². The summed E-state index contributed by atoms with van der Waals surface area (Å²) in [6, 6.07) is 0.